The lowest BCUT2D eigenvalue weighted by Crippen LogP contribution is -2.28. The average Bonchev–Trinajstić information content (AvgIpc) is 3.25. The molecular weight excluding hydrogens is 343 g/mol. The van der Waals surface area contributed by atoms with Gasteiger partial charge in [0.05, 0.1) is 18.6 Å². The molecule has 8 heteroatoms. The molecule has 3 aromatic rings. The van der Waals surface area contributed by atoms with Crippen LogP contribution in [0.4, 0.5) is 4.39 Å². The highest BCUT2D eigenvalue weighted by molar-refractivity contribution is 7.99. The topological polar surface area (TPSA) is 64.2 Å². The summed E-state index contributed by atoms with van der Waals surface area (Å²) < 4.78 is 20.4. The Hall–Kier alpha value is -2.61. The van der Waals surface area contributed by atoms with Gasteiger partial charge in [0.1, 0.15) is 17.9 Å². The molecule has 0 N–H and O–H groups in total. The van der Waals surface area contributed by atoms with Gasteiger partial charge in [0, 0.05) is 13.6 Å². The van der Waals surface area contributed by atoms with Gasteiger partial charge in [-0.25, -0.2) is 4.39 Å². The van der Waals surface area contributed by atoms with Gasteiger partial charge in [0.15, 0.2) is 5.16 Å². The Kier molecular flexibility index (Phi) is 5.49. The molecule has 0 aliphatic rings. The number of benzene rings is 1. The summed E-state index contributed by atoms with van der Waals surface area (Å²) in [6.07, 6.45) is 3.21. The Morgan fingerprint density at radius 3 is 3.00 bits per heavy atom. The molecule has 0 unspecified atom stereocenters. The van der Waals surface area contributed by atoms with E-state index in [-0.39, 0.29) is 17.5 Å². The summed E-state index contributed by atoms with van der Waals surface area (Å²) in [6, 6.07) is 9.92. The number of amides is 1. The lowest BCUT2D eigenvalue weighted by Gasteiger charge is -2.17. The van der Waals surface area contributed by atoms with Crippen LogP contribution in [-0.2, 0) is 17.9 Å². The standard InChI is InChI=1S/C17H17FN4O2S/c1-21(9-13-4-2-5-14(18)8-13)16(23)11-25-17-20-19-12-22(17)10-15-6-3-7-24-15/h2-8,12H,9-11H2,1H3. The van der Waals surface area contributed by atoms with Gasteiger partial charge in [-0.05, 0) is 29.8 Å². The van der Waals surface area contributed by atoms with E-state index >= 15 is 0 Å². The molecule has 0 saturated heterocycles. The van der Waals surface area contributed by atoms with Crippen molar-refractivity contribution in [2.75, 3.05) is 12.8 Å². The third-order valence-corrected chi connectivity index (χ3v) is 4.51. The minimum absolute atomic E-state index is 0.0678. The van der Waals surface area contributed by atoms with Crippen LogP contribution in [0.2, 0.25) is 0 Å². The maximum absolute atomic E-state index is 13.2. The Bertz CT molecular complexity index is 835. The zero-order chi connectivity index (χ0) is 17.6. The van der Waals surface area contributed by atoms with Crippen molar-refractivity contribution in [2.45, 2.75) is 18.2 Å². The fourth-order valence-corrected chi connectivity index (χ4v) is 3.12. The number of hydrogen-bond donors (Lipinski definition) is 0. The summed E-state index contributed by atoms with van der Waals surface area (Å²) >= 11 is 1.31. The van der Waals surface area contributed by atoms with E-state index in [2.05, 4.69) is 10.2 Å². The fraction of sp³-hybridized carbons (Fsp3) is 0.235. The fourth-order valence-electron chi connectivity index (χ4n) is 2.27. The summed E-state index contributed by atoms with van der Waals surface area (Å²) in [4.78, 5) is 13.9. The molecule has 0 aliphatic carbocycles. The predicted octanol–water partition coefficient (Wildman–Crippen LogP) is 2.81. The Labute approximate surface area is 148 Å². The van der Waals surface area contributed by atoms with Crippen molar-refractivity contribution >= 4 is 17.7 Å². The predicted molar refractivity (Wildman–Crippen MR) is 91.4 cm³/mol. The zero-order valence-corrected chi connectivity index (χ0v) is 14.4. The number of halogens is 1. The molecule has 25 heavy (non-hydrogen) atoms. The summed E-state index contributed by atoms with van der Waals surface area (Å²) in [5, 5.41) is 8.57. The van der Waals surface area contributed by atoms with Gasteiger partial charge < -0.3 is 13.9 Å². The quantitative estimate of drug-likeness (QED) is 0.606. The first-order chi connectivity index (χ1) is 12.1. The number of rotatable bonds is 7. The summed E-state index contributed by atoms with van der Waals surface area (Å²) in [5.74, 6) is 0.639. The van der Waals surface area contributed by atoms with E-state index in [0.717, 1.165) is 11.3 Å². The van der Waals surface area contributed by atoms with Gasteiger partial charge in [-0.2, -0.15) is 0 Å². The Balaban J connectivity index is 1.54. The molecule has 2 heterocycles. The largest absolute Gasteiger partial charge is 0.467 e. The van der Waals surface area contributed by atoms with Crippen molar-refractivity contribution in [3.8, 4) is 0 Å². The smallest absolute Gasteiger partial charge is 0.233 e. The Morgan fingerprint density at radius 1 is 1.36 bits per heavy atom. The van der Waals surface area contributed by atoms with E-state index in [0.29, 0.717) is 18.2 Å². The molecule has 0 fully saturated rings. The first-order valence-electron chi connectivity index (χ1n) is 7.63. The van der Waals surface area contributed by atoms with Crippen LogP contribution in [0.1, 0.15) is 11.3 Å². The highest BCUT2D eigenvalue weighted by Crippen LogP contribution is 2.17. The first kappa shape index (κ1) is 17.2. The van der Waals surface area contributed by atoms with Gasteiger partial charge in [-0.1, -0.05) is 23.9 Å². The molecule has 0 atom stereocenters. The van der Waals surface area contributed by atoms with Crippen molar-refractivity contribution in [1.82, 2.24) is 19.7 Å². The second-order valence-corrected chi connectivity index (χ2v) is 6.43. The van der Waals surface area contributed by atoms with E-state index in [1.807, 2.05) is 16.7 Å². The van der Waals surface area contributed by atoms with E-state index in [4.69, 9.17) is 4.42 Å². The van der Waals surface area contributed by atoms with Gasteiger partial charge in [0.2, 0.25) is 5.91 Å². The monoisotopic (exact) mass is 360 g/mol. The number of hydrogen-bond acceptors (Lipinski definition) is 5. The van der Waals surface area contributed by atoms with Crippen LogP contribution in [-0.4, -0.2) is 38.4 Å². The first-order valence-corrected chi connectivity index (χ1v) is 8.62. The van der Waals surface area contributed by atoms with Crippen molar-refractivity contribution in [3.05, 3.63) is 66.1 Å². The second-order valence-electron chi connectivity index (χ2n) is 5.49. The van der Waals surface area contributed by atoms with Crippen LogP contribution in [0, 0.1) is 5.82 Å². The van der Waals surface area contributed by atoms with Crippen LogP contribution in [0.25, 0.3) is 0 Å². The molecule has 130 valence electrons. The van der Waals surface area contributed by atoms with E-state index in [9.17, 15) is 9.18 Å². The van der Waals surface area contributed by atoms with Crippen LogP contribution in [0.15, 0.2) is 58.6 Å². The van der Waals surface area contributed by atoms with Gasteiger partial charge in [-0.15, -0.1) is 10.2 Å². The van der Waals surface area contributed by atoms with Crippen LogP contribution in [0.3, 0.4) is 0 Å². The molecule has 0 radical (unpaired) electrons. The summed E-state index contributed by atoms with van der Waals surface area (Å²) in [7, 11) is 1.70. The third kappa shape index (κ3) is 4.69. The number of thioether (sulfide) groups is 1. The molecule has 0 saturated carbocycles. The van der Waals surface area contributed by atoms with Crippen molar-refractivity contribution in [2.24, 2.45) is 0 Å². The molecule has 1 aromatic carbocycles. The van der Waals surface area contributed by atoms with Crippen LogP contribution in [0.5, 0.6) is 0 Å². The maximum Gasteiger partial charge on any atom is 0.233 e. The molecular formula is C17H17FN4O2S. The molecule has 2 aromatic heterocycles. The van der Waals surface area contributed by atoms with Gasteiger partial charge >= 0.3 is 0 Å². The van der Waals surface area contributed by atoms with E-state index < -0.39 is 0 Å². The average molecular weight is 360 g/mol. The lowest BCUT2D eigenvalue weighted by molar-refractivity contribution is -0.127. The van der Waals surface area contributed by atoms with Gasteiger partial charge in [-0.3, -0.25) is 4.79 Å². The number of carbonyl (C=O) groups excluding carboxylic acids is 1. The molecule has 0 spiro atoms. The maximum atomic E-state index is 13.2. The van der Waals surface area contributed by atoms with E-state index in [1.165, 1.54) is 23.9 Å². The van der Waals surface area contributed by atoms with Crippen molar-refractivity contribution in [3.63, 3.8) is 0 Å². The summed E-state index contributed by atoms with van der Waals surface area (Å²) in [6.45, 7) is 0.867. The van der Waals surface area contributed by atoms with Gasteiger partial charge in [0.25, 0.3) is 0 Å². The number of aromatic nitrogens is 3. The molecule has 0 bridgehead atoms. The minimum atomic E-state index is -0.307. The number of carbonyl (C=O) groups is 1. The van der Waals surface area contributed by atoms with Crippen molar-refractivity contribution in [1.29, 1.82) is 0 Å². The third-order valence-electron chi connectivity index (χ3n) is 3.55. The minimum Gasteiger partial charge on any atom is -0.467 e. The SMILES string of the molecule is CN(Cc1cccc(F)c1)C(=O)CSc1nncn1Cc1ccco1. The molecule has 1 amide bonds. The lowest BCUT2D eigenvalue weighted by atomic mass is 10.2. The second kappa shape index (κ2) is 7.98. The Morgan fingerprint density at radius 2 is 2.24 bits per heavy atom. The summed E-state index contributed by atoms with van der Waals surface area (Å²) in [5.41, 5.74) is 0.752. The van der Waals surface area contributed by atoms with Crippen LogP contribution < -0.4 is 0 Å². The number of nitrogens with zero attached hydrogens (tertiary/aromatic N) is 4. The number of furan rings is 1. The molecule has 3 rings (SSSR count). The van der Waals surface area contributed by atoms with Crippen LogP contribution >= 0.6 is 11.8 Å². The zero-order valence-electron chi connectivity index (χ0n) is 13.6. The highest BCUT2D eigenvalue weighted by Gasteiger charge is 2.13. The highest BCUT2D eigenvalue weighted by atomic mass is 32.2. The molecule has 6 nitrogen and oxygen atoms in total. The normalized spacial score (nSPS) is 10.8. The van der Waals surface area contributed by atoms with E-state index in [1.54, 1.807) is 36.7 Å². The van der Waals surface area contributed by atoms with Crippen molar-refractivity contribution < 1.29 is 13.6 Å². The molecule has 0 aliphatic heterocycles.